The van der Waals surface area contributed by atoms with Gasteiger partial charge < -0.3 is 20.3 Å². The molecule has 3 atom stereocenters. The molecule has 0 bridgehead atoms. The highest BCUT2D eigenvalue weighted by Crippen LogP contribution is 2.18. The molecule has 0 radical (unpaired) electrons. The third-order valence-corrected chi connectivity index (χ3v) is 13.9. The minimum Gasteiger partial charge on any atom is -0.462 e. The predicted molar refractivity (Wildman–Crippen MR) is 301 cm³/mol. The Labute approximate surface area is 429 Å². The van der Waals surface area contributed by atoms with Gasteiger partial charge in [-0.1, -0.05) is 275 Å². The van der Waals surface area contributed by atoms with E-state index in [-0.39, 0.29) is 24.9 Å². The summed E-state index contributed by atoms with van der Waals surface area (Å²) in [6.45, 7) is 6.50. The number of unbranched alkanes of at least 4 members (excludes halogenated alkanes) is 37. The molecule has 0 spiro atoms. The van der Waals surface area contributed by atoms with Crippen LogP contribution in [0.4, 0.5) is 0 Å². The molecule has 3 unspecified atom stereocenters. The Hall–Kier alpha value is -2.18. The van der Waals surface area contributed by atoms with Gasteiger partial charge in [-0.3, -0.25) is 9.59 Å². The molecule has 0 aromatic carbocycles. The van der Waals surface area contributed by atoms with Gasteiger partial charge in [0, 0.05) is 6.42 Å². The highest BCUT2D eigenvalue weighted by molar-refractivity contribution is 5.77. The summed E-state index contributed by atoms with van der Waals surface area (Å²) in [6, 6.07) is -0.712. The van der Waals surface area contributed by atoms with Gasteiger partial charge in [0.15, 0.2) is 0 Å². The number of hydrogen-bond acceptors (Lipinski definition) is 5. The summed E-state index contributed by atoms with van der Waals surface area (Å²) in [5, 5.41) is 23.9. The Kier molecular flexibility index (Phi) is 54.9. The van der Waals surface area contributed by atoms with E-state index in [4.69, 9.17) is 4.74 Å². The zero-order valence-corrected chi connectivity index (χ0v) is 46.2. The molecule has 404 valence electrons. The van der Waals surface area contributed by atoms with E-state index in [1.54, 1.807) is 0 Å². The number of ether oxygens (including phenoxy) is 1. The molecular formula is C63H117NO5. The van der Waals surface area contributed by atoms with E-state index in [2.05, 4.69) is 74.7 Å². The van der Waals surface area contributed by atoms with E-state index in [1.807, 2.05) is 0 Å². The molecule has 0 aliphatic rings. The second-order valence-corrected chi connectivity index (χ2v) is 20.8. The molecule has 0 aliphatic heterocycles. The number of hydrogen-bond donors (Lipinski definition) is 3. The van der Waals surface area contributed by atoms with Crippen LogP contribution in [0.3, 0.4) is 0 Å². The molecule has 0 aromatic heterocycles. The van der Waals surface area contributed by atoms with E-state index < -0.39 is 18.2 Å². The van der Waals surface area contributed by atoms with Crippen LogP contribution in [0.15, 0.2) is 48.6 Å². The molecular weight excluding hydrogens is 851 g/mol. The fraction of sp³-hybridized carbons (Fsp3) is 0.841. The van der Waals surface area contributed by atoms with Gasteiger partial charge in [-0.2, -0.15) is 0 Å². The van der Waals surface area contributed by atoms with E-state index in [9.17, 15) is 19.8 Å². The highest BCUT2D eigenvalue weighted by atomic mass is 16.5. The topological polar surface area (TPSA) is 95.9 Å². The van der Waals surface area contributed by atoms with Crippen molar-refractivity contribution in [3.05, 3.63) is 48.6 Å². The van der Waals surface area contributed by atoms with Crippen LogP contribution in [0.25, 0.3) is 0 Å². The van der Waals surface area contributed by atoms with E-state index in [0.717, 1.165) is 83.5 Å². The zero-order chi connectivity index (χ0) is 50.2. The summed E-state index contributed by atoms with van der Waals surface area (Å²) < 4.78 is 5.96. The molecule has 6 heteroatoms. The molecule has 3 N–H and O–H groups in total. The summed E-state index contributed by atoms with van der Waals surface area (Å²) in [5.74, 6) is -0.499. The van der Waals surface area contributed by atoms with Gasteiger partial charge >= 0.3 is 5.97 Å². The van der Waals surface area contributed by atoms with Gasteiger partial charge in [-0.15, -0.1) is 0 Å². The number of carbonyl (C=O) groups excluding carboxylic acids is 2. The lowest BCUT2D eigenvalue weighted by atomic mass is 10.0. The number of amides is 1. The van der Waals surface area contributed by atoms with E-state index >= 15 is 0 Å². The molecule has 0 rings (SSSR count). The maximum Gasteiger partial charge on any atom is 0.306 e. The highest BCUT2D eigenvalue weighted by Gasteiger charge is 2.24. The van der Waals surface area contributed by atoms with Gasteiger partial charge in [-0.25, -0.2) is 0 Å². The standard InChI is InChI=1S/C63H117NO5/c1-4-7-10-13-16-19-22-25-28-31-32-35-38-41-44-47-50-53-56-63(68)69-59(54-51-48-45-42-39-36-33-29-26-23-20-17-14-11-8-5-2)57-62(67)64-60(58-65)61(66)55-52-49-46-43-40-37-34-30-27-24-21-18-15-12-9-6-3/h22,25,28,31-32,35-36,39,59-61,65-66H,4-21,23-24,26-27,29-30,33-34,37-38,40-58H2,1-3H3,(H,64,67)/b25-22+,31-28+,35-32+,39-36+. The average molecular weight is 969 g/mol. The number of allylic oxidation sites excluding steroid dienone is 8. The normalized spacial score (nSPS) is 13.4. The maximum atomic E-state index is 13.3. The van der Waals surface area contributed by atoms with Crippen LogP contribution in [0, 0.1) is 0 Å². The fourth-order valence-corrected chi connectivity index (χ4v) is 9.31. The van der Waals surface area contributed by atoms with Gasteiger partial charge in [0.2, 0.25) is 5.91 Å². The average Bonchev–Trinajstić information content (AvgIpc) is 3.34. The number of nitrogens with one attached hydrogen (secondary N) is 1. The number of carbonyl (C=O) groups is 2. The van der Waals surface area contributed by atoms with Crippen molar-refractivity contribution in [2.24, 2.45) is 0 Å². The van der Waals surface area contributed by atoms with Crippen molar-refractivity contribution in [2.75, 3.05) is 6.61 Å². The molecule has 6 nitrogen and oxygen atoms in total. The van der Waals surface area contributed by atoms with Gasteiger partial charge in [0.1, 0.15) is 6.10 Å². The Morgan fingerprint density at radius 2 is 0.754 bits per heavy atom. The first kappa shape index (κ1) is 66.8. The smallest absolute Gasteiger partial charge is 0.306 e. The first-order chi connectivity index (χ1) is 34.0. The third kappa shape index (κ3) is 52.0. The van der Waals surface area contributed by atoms with Crippen LogP contribution in [0.5, 0.6) is 0 Å². The summed E-state index contributed by atoms with van der Waals surface area (Å²) in [4.78, 5) is 26.3. The summed E-state index contributed by atoms with van der Waals surface area (Å²) in [7, 11) is 0. The van der Waals surface area contributed by atoms with Crippen LogP contribution >= 0.6 is 0 Å². The second-order valence-electron chi connectivity index (χ2n) is 20.8. The quantitative estimate of drug-likeness (QED) is 0.0244. The lowest BCUT2D eigenvalue weighted by Gasteiger charge is -2.24. The Morgan fingerprint density at radius 3 is 1.16 bits per heavy atom. The molecule has 0 fully saturated rings. The van der Waals surface area contributed by atoms with Crippen LogP contribution in [0.1, 0.15) is 316 Å². The Balaban J connectivity index is 4.59. The van der Waals surface area contributed by atoms with Crippen molar-refractivity contribution >= 4 is 11.9 Å². The van der Waals surface area contributed by atoms with E-state index in [1.165, 1.54) is 186 Å². The monoisotopic (exact) mass is 968 g/mol. The molecule has 0 heterocycles. The van der Waals surface area contributed by atoms with Crippen molar-refractivity contribution in [1.82, 2.24) is 5.32 Å². The first-order valence-corrected chi connectivity index (χ1v) is 30.4. The summed E-state index contributed by atoms with van der Waals surface area (Å²) in [5.41, 5.74) is 0. The minimum absolute atomic E-state index is 0.0603. The molecule has 1 amide bonds. The van der Waals surface area contributed by atoms with Gasteiger partial charge in [-0.05, 0) is 77.0 Å². The Bertz CT molecular complexity index is 1180. The summed E-state index contributed by atoms with van der Waals surface area (Å²) >= 11 is 0. The number of rotatable bonds is 55. The lowest BCUT2D eigenvalue weighted by Crippen LogP contribution is -2.46. The number of aliphatic hydroxyl groups excluding tert-OH is 2. The van der Waals surface area contributed by atoms with Crippen LogP contribution < -0.4 is 5.32 Å². The minimum atomic E-state index is -0.796. The molecule has 0 saturated carbocycles. The van der Waals surface area contributed by atoms with E-state index in [0.29, 0.717) is 19.3 Å². The van der Waals surface area contributed by atoms with Gasteiger partial charge in [0.25, 0.3) is 0 Å². The number of aliphatic hydroxyl groups is 2. The van der Waals surface area contributed by atoms with Crippen LogP contribution in [-0.4, -0.2) is 46.9 Å². The van der Waals surface area contributed by atoms with Gasteiger partial charge in [0.05, 0.1) is 25.2 Å². The van der Waals surface area contributed by atoms with Crippen molar-refractivity contribution < 1.29 is 24.5 Å². The third-order valence-electron chi connectivity index (χ3n) is 13.9. The lowest BCUT2D eigenvalue weighted by molar-refractivity contribution is -0.151. The van der Waals surface area contributed by atoms with Crippen molar-refractivity contribution in [3.63, 3.8) is 0 Å². The number of esters is 1. The van der Waals surface area contributed by atoms with Crippen molar-refractivity contribution in [1.29, 1.82) is 0 Å². The molecule has 0 aliphatic carbocycles. The van der Waals surface area contributed by atoms with Crippen LogP contribution in [-0.2, 0) is 14.3 Å². The largest absolute Gasteiger partial charge is 0.462 e. The van der Waals surface area contributed by atoms with Crippen molar-refractivity contribution in [2.45, 2.75) is 334 Å². The van der Waals surface area contributed by atoms with Crippen molar-refractivity contribution in [3.8, 4) is 0 Å². The molecule has 69 heavy (non-hydrogen) atoms. The summed E-state index contributed by atoms with van der Waals surface area (Å²) in [6.07, 6.45) is 70.3. The Morgan fingerprint density at radius 1 is 0.420 bits per heavy atom. The zero-order valence-electron chi connectivity index (χ0n) is 46.2. The SMILES string of the molecule is CCCCCCC/C=C/C=C/C=C/CCCCCCCC(=O)OC(CCCCC/C=C/CCCCCCCCCCC)CC(=O)NC(CO)C(O)CCCCCCCCCCCCCCCCCC. The second kappa shape index (κ2) is 56.7. The molecule has 0 aromatic rings. The predicted octanol–water partition coefficient (Wildman–Crippen LogP) is 19.0. The first-order valence-electron chi connectivity index (χ1n) is 30.4. The molecule has 0 saturated heterocycles. The van der Waals surface area contributed by atoms with Crippen LogP contribution in [0.2, 0.25) is 0 Å². The fourth-order valence-electron chi connectivity index (χ4n) is 9.31. The maximum absolute atomic E-state index is 13.3.